The molecule has 220 valence electrons. The molecular weight excluding hydrogens is 569 g/mol. The summed E-state index contributed by atoms with van der Waals surface area (Å²) in [6, 6.07) is 23.5. The number of carbonyl (C=O) groups excluding carboxylic acids is 2. The number of likely N-dealkylation sites (N-methyl/N-ethyl adjacent to an activating group) is 1. The zero-order valence-corrected chi connectivity index (χ0v) is 24.4. The molecule has 10 heteroatoms. The number of hydrogen-bond donors (Lipinski definition) is 1. The Labute approximate surface area is 254 Å². The Morgan fingerprint density at radius 3 is 2.60 bits per heavy atom. The van der Waals surface area contributed by atoms with Crippen LogP contribution in [-0.4, -0.2) is 51.1 Å². The molecule has 5 rings (SSSR count). The number of amides is 2. The van der Waals surface area contributed by atoms with Gasteiger partial charge in [0.25, 0.3) is 0 Å². The normalized spacial score (nSPS) is 11.7. The van der Waals surface area contributed by atoms with Gasteiger partial charge in [-0.2, -0.15) is 0 Å². The van der Waals surface area contributed by atoms with Crippen molar-refractivity contribution in [2.45, 2.75) is 31.8 Å². The van der Waals surface area contributed by atoms with E-state index in [1.807, 2.05) is 65.4 Å². The van der Waals surface area contributed by atoms with Crippen LogP contribution in [0.2, 0.25) is 5.02 Å². The third kappa shape index (κ3) is 7.75. The summed E-state index contributed by atoms with van der Waals surface area (Å²) >= 11 is 6.10. The molecule has 0 bridgehead atoms. The van der Waals surface area contributed by atoms with E-state index in [9.17, 15) is 14.0 Å². The Bertz CT molecular complexity index is 1710. The molecule has 3 aromatic carbocycles. The molecule has 1 atom stereocenters. The fourth-order valence-corrected chi connectivity index (χ4v) is 5.02. The molecule has 0 aliphatic heterocycles. The Kier molecular flexibility index (Phi) is 9.63. The number of aryl methyl sites for hydroxylation is 1. The van der Waals surface area contributed by atoms with Gasteiger partial charge in [0.05, 0.1) is 11.1 Å². The van der Waals surface area contributed by atoms with E-state index in [1.54, 1.807) is 42.5 Å². The lowest BCUT2D eigenvalue weighted by Crippen LogP contribution is -2.43. The lowest BCUT2D eigenvalue weighted by molar-refractivity contribution is -0.132. The third-order valence-electron chi connectivity index (χ3n) is 7.26. The molecule has 1 N–H and O–H groups in total. The molecule has 0 aliphatic carbocycles. The predicted molar refractivity (Wildman–Crippen MR) is 164 cm³/mol. The Balaban J connectivity index is 1.28. The van der Waals surface area contributed by atoms with E-state index in [1.165, 1.54) is 6.07 Å². The van der Waals surface area contributed by atoms with Gasteiger partial charge in [0, 0.05) is 50.4 Å². The van der Waals surface area contributed by atoms with Crippen molar-refractivity contribution in [1.29, 1.82) is 0 Å². The van der Waals surface area contributed by atoms with E-state index in [0.29, 0.717) is 24.3 Å². The van der Waals surface area contributed by atoms with Gasteiger partial charge in [0.2, 0.25) is 5.91 Å². The number of nitrogens with zero attached hydrogens (tertiary/aromatic N) is 4. The molecule has 5 aromatic rings. The second-order valence-electron chi connectivity index (χ2n) is 10.2. The maximum absolute atomic E-state index is 13.9. The highest BCUT2D eigenvalue weighted by Gasteiger charge is 2.24. The van der Waals surface area contributed by atoms with E-state index >= 15 is 0 Å². The number of halogens is 2. The van der Waals surface area contributed by atoms with Crippen LogP contribution in [-0.2, 0) is 28.9 Å². The van der Waals surface area contributed by atoms with Crippen LogP contribution in [0.5, 0.6) is 0 Å². The van der Waals surface area contributed by atoms with Crippen LogP contribution >= 0.6 is 11.6 Å². The van der Waals surface area contributed by atoms with Crippen molar-refractivity contribution >= 4 is 40.2 Å². The van der Waals surface area contributed by atoms with Crippen LogP contribution in [0.3, 0.4) is 0 Å². The van der Waals surface area contributed by atoms with Crippen LogP contribution in [0.1, 0.15) is 23.4 Å². The molecule has 0 aliphatic rings. The smallest absolute Gasteiger partial charge is 0.412 e. The van der Waals surface area contributed by atoms with Crippen molar-refractivity contribution in [3.8, 4) is 0 Å². The summed E-state index contributed by atoms with van der Waals surface area (Å²) in [5.74, 6) is 0.368. The number of benzene rings is 3. The largest absolute Gasteiger partial charge is 0.447 e. The number of aromatic nitrogens is 3. The van der Waals surface area contributed by atoms with E-state index in [-0.39, 0.29) is 30.4 Å². The summed E-state index contributed by atoms with van der Waals surface area (Å²) in [5.41, 5.74) is 1.66. The monoisotopic (exact) mass is 599 g/mol. The number of imidazole rings is 1. The molecule has 2 aromatic heterocycles. The van der Waals surface area contributed by atoms with Crippen LogP contribution in [0, 0.1) is 5.82 Å². The van der Waals surface area contributed by atoms with Crippen molar-refractivity contribution in [2.75, 3.05) is 19.0 Å². The highest BCUT2D eigenvalue weighted by atomic mass is 35.5. The van der Waals surface area contributed by atoms with Gasteiger partial charge in [-0.05, 0) is 35.1 Å². The highest BCUT2D eigenvalue weighted by molar-refractivity contribution is 6.31. The van der Waals surface area contributed by atoms with Gasteiger partial charge in [-0.1, -0.05) is 78.3 Å². The molecule has 8 nitrogen and oxygen atoms in total. The molecule has 0 radical (unpaired) electrons. The van der Waals surface area contributed by atoms with Gasteiger partial charge in [-0.3, -0.25) is 10.1 Å². The van der Waals surface area contributed by atoms with Crippen molar-refractivity contribution < 1.29 is 18.7 Å². The Morgan fingerprint density at radius 1 is 1.02 bits per heavy atom. The number of ether oxygens (including phenoxy) is 1. The SMILES string of the molecule is CN(C(=O)CCc1cccc(F)c1Cl)C(COC(=O)Nc1cc2ccccc2cn1)Cc1nccn1Cc1ccccc1. The first kappa shape index (κ1) is 29.7. The average molecular weight is 600 g/mol. The minimum atomic E-state index is -0.687. The maximum atomic E-state index is 13.9. The van der Waals surface area contributed by atoms with Gasteiger partial charge in [0.1, 0.15) is 24.1 Å². The molecule has 2 amide bonds. The molecule has 0 saturated heterocycles. The van der Waals surface area contributed by atoms with Crippen LogP contribution < -0.4 is 5.32 Å². The number of carbonyl (C=O) groups is 2. The van der Waals surface area contributed by atoms with Crippen molar-refractivity contribution in [3.63, 3.8) is 0 Å². The summed E-state index contributed by atoms with van der Waals surface area (Å²) in [6.07, 6.45) is 5.29. The number of hydrogen-bond acceptors (Lipinski definition) is 5. The molecule has 43 heavy (non-hydrogen) atoms. The molecule has 1 unspecified atom stereocenters. The maximum Gasteiger partial charge on any atom is 0.412 e. The lowest BCUT2D eigenvalue weighted by atomic mass is 10.1. The number of fused-ring (bicyclic) bond motifs is 1. The van der Waals surface area contributed by atoms with E-state index in [4.69, 9.17) is 16.3 Å². The topological polar surface area (TPSA) is 89.3 Å². The predicted octanol–water partition coefficient (Wildman–Crippen LogP) is 6.52. The number of rotatable bonds is 11. The van der Waals surface area contributed by atoms with Gasteiger partial charge in [-0.25, -0.2) is 19.2 Å². The zero-order chi connectivity index (χ0) is 30.2. The Hall–Kier alpha value is -4.76. The standard InChI is InChI=1S/C33H31ClFN5O3/c1-39(31(41)15-14-24-12-7-13-28(35)32(24)34)27(19-30-36-16-17-40(30)21-23-8-3-2-4-9-23)22-43-33(42)38-29-18-25-10-5-6-11-26(25)20-37-29/h2-13,16-18,20,27H,14-15,19,21-22H2,1H3,(H,37,38,42). The fraction of sp³-hybridized carbons (Fsp3) is 0.212. The van der Waals surface area contributed by atoms with Gasteiger partial charge >= 0.3 is 6.09 Å². The highest BCUT2D eigenvalue weighted by Crippen LogP contribution is 2.22. The van der Waals surface area contributed by atoms with E-state index in [0.717, 1.165) is 22.2 Å². The first-order chi connectivity index (χ1) is 20.9. The summed E-state index contributed by atoms with van der Waals surface area (Å²) in [6.45, 7) is 0.522. The van der Waals surface area contributed by atoms with Gasteiger partial charge in [0.15, 0.2) is 0 Å². The zero-order valence-electron chi connectivity index (χ0n) is 23.6. The molecular formula is C33H31ClFN5O3. The van der Waals surface area contributed by atoms with Crippen molar-refractivity contribution in [1.82, 2.24) is 19.4 Å². The summed E-state index contributed by atoms with van der Waals surface area (Å²) in [7, 11) is 1.66. The number of anilines is 1. The van der Waals surface area contributed by atoms with E-state index in [2.05, 4.69) is 15.3 Å². The quantitative estimate of drug-likeness (QED) is 0.187. The number of nitrogens with one attached hydrogen (secondary N) is 1. The summed E-state index contributed by atoms with van der Waals surface area (Å²) in [5, 5.41) is 4.57. The molecule has 0 spiro atoms. The molecule has 2 heterocycles. The van der Waals surface area contributed by atoms with Gasteiger partial charge < -0.3 is 14.2 Å². The number of pyridine rings is 1. The minimum Gasteiger partial charge on any atom is -0.447 e. The second kappa shape index (κ2) is 13.9. The fourth-order valence-electron chi connectivity index (χ4n) is 4.80. The van der Waals surface area contributed by atoms with Gasteiger partial charge in [-0.15, -0.1) is 0 Å². The van der Waals surface area contributed by atoms with Crippen molar-refractivity contribution in [2.24, 2.45) is 0 Å². The van der Waals surface area contributed by atoms with Crippen LogP contribution in [0.4, 0.5) is 15.0 Å². The minimum absolute atomic E-state index is 0.0137. The third-order valence-corrected chi connectivity index (χ3v) is 7.69. The molecule has 0 saturated carbocycles. The lowest BCUT2D eigenvalue weighted by Gasteiger charge is -2.28. The second-order valence-corrected chi connectivity index (χ2v) is 10.6. The van der Waals surface area contributed by atoms with Crippen LogP contribution in [0.25, 0.3) is 10.8 Å². The summed E-state index contributed by atoms with van der Waals surface area (Å²) in [4.78, 5) is 36.5. The van der Waals surface area contributed by atoms with Crippen LogP contribution in [0.15, 0.2) is 97.5 Å². The first-order valence-electron chi connectivity index (χ1n) is 13.9. The van der Waals surface area contributed by atoms with E-state index < -0.39 is 18.0 Å². The summed E-state index contributed by atoms with van der Waals surface area (Å²) < 4.78 is 21.5. The average Bonchev–Trinajstić information content (AvgIpc) is 3.46. The van der Waals surface area contributed by atoms with Crippen molar-refractivity contribution in [3.05, 3.63) is 125 Å². The first-order valence-corrected chi connectivity index (χ1v) is 14.3. The Morgan fingerprint density at radius 2 is 1.79 bits per heavy atom. The molecule has 0 fully saturated rings.